The zero-order valence-corrected chi connectivity index (χ0v) is 9.87. The molecule has 0 rings (SSSR count). The van der Waals surface area contributed by atoms with E-state index in [1.165, 1.54) is 0 Å². The lowest BCUT2D eigenvalue weighted by atomic mass is 9.74. The van der Waals surface area contributed by atoms with Gasteiger partial charge in [0.15, 0.2) is 23.1 Å². The summed E-state index contributed by atoms with van der Waals surface area (Å²) in [5, 5.41) is 0. The second-order valence-corrected chi connectivity index (χ2v) is 2.97. The monoisotopic (exact) mass is 211 g/mol. The van der Waals surface area contributed by atoms with Gasteiger partial charge in [0.1, 0.15) is 0 Å². The average Bonchev–Trinajstić information content (AvgIpc) is 1.82. The summed E-state index contributed by atoms with van der Waals surface area (Å²) in [7, 11) is 0. The molecule has 0 aliphatic carbocycles. The van der Waals surface area contributed by atoms with Gasteiger partial charge in [0.05, 0.1) is 0 Å². The van der Waals surface area contributed by atoms with Crippen LogP contribution in [0.4, 0.5) is 0 Å². The summed E-state index contributed by atoms with van der Waals surface area (Å²) in [5.74, 6) is -2.83. The fraction of sp³-hybridized carbons (Fsp3) is 0.556. The van der Waals surface area contributed by atoms with Crippen molar-refractivity contribution in [2.24, 2.45) is 5.41 Å². The van der Waals surface area contributed by atoms with Crippen LogP contribution in [0.25, 0.3) is 0 Å². The van der Waals surface area contributed by atoms with Crippen molar-refractivity contribution >= 4 is 40.5 Å². The molecule has 14 heavy (non-hydrogen) atoms. The van der Waals surface area contributed by atoms with Gasteiger partial charge in [0.25, 0.3) is 0 Å². The van der Waals surface area contributed by atoms with E-state index in [-0.39, 0.29) is 17.4 Å². The van der Waals surface area contributed by atoms with Crippen LogP contribution >= 0.6 is 0 Å². The molecule has 3 radical (unpaired) electrons. The van der Waals surface area contributed by atoms with Crippen LogP contribution in [0.2, 0.25) is 0 Å². The minimum absolute atomic E-state index is 0. The summed E-state index contributed by atoms with van der Waals surface area (Å²) >= 11 is 0. The Hall–Kier alpha value is -0.788. The van der Waals surface area contributed by atoms with Crippen LogP contribution in [0.3, 0.4) is 0 Å². The van der Waals surface area contributed by atoms with Crippen molar-refractivity contribution in [3.8, 4) is 0 Å². The highest BCUT2D eigenvalue weighted by molar-refractivity contribution is 6.37. The number of hydrogen-bond donors (Lipinski definition) is 0. The Labute approximate surface area is 93.2 Å². The first kappa shape index (κ1) is 15.7. The lowest BCUT2D eigenvalue weighted by Crippen LogP contribution is -2.48. The van der Waals surface area contributed by atoms with Crippen LogP contribution in [0.1, 0.15) is 27.7 Å². The molecule has 0 aliphatic heterocycles. The summed E-state index contributed by atoms with van der Waals surface area (Å²) < 4.78 is 0. The number of ketones is 4. The van der Waals surface area contributed by atoms with Crippen LogP contribution in [0.5, 0.6) is 0 Å². The second-order valence-electron chi connectivity index (χ2n) is 2.97. The Kier molecular flexibility index (Phi) is 5.80. The van der Waals surface area contributed by atoms with Gasteiger partial charge < -0.3 is 0 Å². The molecule has 0 aromatic rings. The fourth-order valence-corrected chi connectivity index (χ4v) is 1.49. The summed E-state index contributed by atoms with van der Waals surface area (Å²) in [4.78, 5) is 44.5. The highest BCUT2D eigenvalue weighted by Crippen LogP contribution is 2.22. The van der Waals surface area contributed by atoms with Crippen molar-refractivity contribution in [1.82, 2.24) is 0 Å². The topological polar surface area (TPSA) is 68.3 Å². The molecule has 75 valence electrons. The Morgan fingerprint density at radius 1 is 0.643 bits per heavy atom. The highest BCUT2D eigenvalue weighted by atomic mass is 27.0. The molecule has 4 nitrogen and oxygen atoms in total. The Bertz CT molecular complexity index is 232. The van der Waals surface area contributed by atoms with E-state index in [1.54, 1.807) is 0 Å². The van der Waals surface area contributed by atoms with E-state index in [2.05, 4.69) is 0 Å². The molecule has 0 aromatic heterocycles. The first-order valence-corrected chi connectivity index (χ1v) is 3.82. The molecule has 0 heterocycles. The quantitative estimate of drug-likeness (QED) is 0.483. The molecule has 0 atom stereocenters. The van der Waals surface area contributed by atoms with Gasteiger partial charge in [0.2, 0.25) is 5.41 Å². The predicted molar refractivity (Wildman–Crippen MR) is 50.9 cm³/mol. The average molecular weight is 211 g/mol. The lowest BCUT2D eigenvalue weighted by molar-refractivity contribution is -0.151. The molecular weight excluding hydrogens is 199 g/mol. The van der Waals surface area contributed by atoms with Crippen molar-refractivity contribution in [2.45, 2.75) is 27.7 Å². The maximum absolute atomic E-state index is 11.1. The van der Waals surface area contributed by atoms with Gasteiger partial charge in [-0.05, 0) is 27.7 Å². The standard InChI is InChI=1S/C9H12O4.Al/c1-5(10)9(6(2)11,7(3)12)8(4)13;/h1-4H3;. The molecular formula is C9H12AlO4. The second kappa shape index (κ2) is 5.18. The number of rotatable bonds is 4. The molecule has 0 aromatic carbocycles. The molecule has 5 heteroatoms. The Balaban J connectivity index is 0. The predicted octanol–water partition coefficient (Wildman–Crippen LogP) is -0.0520. The summed E-state index contributed by atoms with van der Waals surface area (Å²) in [6, 6.07) is 0. The van der Waals surface area contributed by atoms with Gasteiger partial charge in [-0.3, -0.25) is 19.2 Å². The third kappa shape index (κ3) is 2.17. The van der Waals surface area contributed by atoms with Crippen molar-refractivity contribution in [3.63, 3.8) is 0 Å². The number of carbonyl (C=O) groups excluding carboxylic acids is 4. The van der Waals surface area contributed by atoms with Crippen LogP contribution < -0.4 is 0 Å². The van der Waals surface area contributed by atoms with E-state index in [1.807, 2.05) is 0 Å². The van der Waals surface area contributed by atoms with E-state index in [4.69, 9.17) is 0 Å². The van der Waals surface area contributed by atoms with E-state index < -0.39 is 28.5 Å². The minimum atomic E-state index is -2.06. The molecule has 0 aliphatic rings. The van der Waals surface area contributed by atoms with E-state index in [0.717, 1.165) is 27.7 Å². The normalized spacial score (nSPS) is 10.0. The zero-order valence-electron chi connectivity index (χ0n) is 8.71. The van der Waals surface area contributed by atoms with Crippen LogP contribution in [-0.2, 0) is 19.2 Å². The van der Waals surface area contributed by atoms with Crippen LogP contribution in [-0.4, -0.2) is 40.5 Å². The van der Waals surface area contributed by atoms with E-state index in [9.17, 15) is 19.2 Å². The van der Waals surface area contributed by atoms with Gasteiger partial charge in [-0.1, -0.05) is 0 Å². The first-order chi connectivity index (χ1) is 5.77. The summed E-state index contributed by atoms with van der Waals surface area (Å²) in [5.41, 5.74) is -2.06. The first-order valence-electron chi connectivity index (χ1n) is 3.82. The highest BCUT2D eigenvalue weighted by Gasteiger charge is 2.49. The maximum atomic E-state index is 11.1. The third-order valence-electron chi connectivity index (χ3n) is 2.11. The molecule has 0 saturated heterocycles. The van der Waals surface area contributed by atoms with Crippen LogP contribution in [0.15, 0.2) is 0 Å². The maximum Gasteiger partial charge on any atom is 0.202 e. The molecule has 0 saturated carbocycles. The van der Waals surface area contributed by atoms with Crippen molar-refractivity contribution in [1.29, 1.82) is 0 Å². The number of carbonyl (C=O) groups is 4. The van der Waals surface area contributed by atoms with Gasteiger partial charge in [-0.25, -0.2) is 0 Å². The molecule has 0 fully saturated rings. The Morgan fingerprint density at radius 2 is 0.786 bits per heavy atom. The minimum Gasteiger partial charge on any atom is -0.298 e. The summed E-state index contributed by atoms with van der Waals surface area (Å²) in [6.07, 6.45) is 0. The van der Waals surface area contributed by atoms with Crippen molar-refractivity contribution < 1.29 is 19.2 Å². The number of Topliss-reactive ketones (excluding diaryl/α,β-unsaturated/α-hetero) is 4. The van der Waals surface area contributed by atoms with Gasteiger partial charge >= 0.3 is 0 Å². The van der Waals surface area contributed by atoms with Gasteiger partial charge in [0, 0.05) is 17.4 Å². The lowest BCUT2D eigenvalue weighted by Gasteiger charge is -2.21. The van der Waals surface area contributed by atoms with Crippen molar-refractivity contribution in [3.05, 3.63) is 0 Å². The smallest absolute Gasteiger partial charge is 0.202 e. The van der Waals surface area contributed by atoms with E-state index >= 15 is 0 Å². The molecule has 0 bridgehead atoms. The SMILES string of the molecule is CC(=O)C(C(C)=O)(C(C)=O)C(C)=O.[Al]. The van der Waals surface area contributed by atoms with E-state index in [0.29, 0.717) is 0 Å². The largest absolute Gasteiger partial charge is 0.298 e. The van der Waals surface area contributed by atoms with Gasteiger partial charge in [-0.2, -0.15) is 0 Å². The third-order valence-corrected chi connectivity index (χ3v) is 2.11. The molecule has 0 N–H and O–H groups in total. The van der Waals surface area contributed by atoms with Crippen LogP contribution in [0, 0.1) is 5.41 Å². The number of hydrogen-bond acceptors (Lipinski definition) is 4. The zero-order chi connectivity index (χ0) is 10.8. The van der Waals surface area contributed by atoms with Crippen molar-refractivity contribution in [2.75, 3.05) is 0 Å². The van der Waals surface area contributed by atoms with Gasteiger partial charge in [-0.15, -0.1) is 0 Å². The fourth-order valence-electron chi connectivity index (χ4n) is 1.49. The molecule has 0 unspecified atom stereocenters. The molecule has 0 amide bonds. The Morgan fingerprint density at radius 3 is 0.786 bits per heavy atom. The molecule has 0 spiro atoms. The summed E-state index contributed by atoms with van der Waals surface area (Å²) in [6.45, 7) is 4.29.